The third kappa shape index (κ3) is 4.31. The molecule has 0 fully saturated rings. The Morgan fingerprint density at radius 3 is 2.47 bits per heavy atom. The molecular formula is C25H25NO3S. The average molecular weight is 420 g/mol. The van der Waals surface area contributed by atoms with Gasteiger partial charge in [0, 0.05) is 10.4 Å². The van der Waals surface area contributed by atoms with Gasteiger partial charge in [0.2, 0.25) is 0 Å². The van der Waals surface area contributed by atoms with Gasteiger partial charge in [0.25, 0.3) is 5.91 Å². The molecule has 0 aliphatic heterocycles. The van der Waals surface area contributed by atoms with E-state index in [4.69, 9.17) is 4.74 Å². The van der Waals surface area contributed by atoms with Crippen LogP contribution in [-0.4, -0.2) is 19.0 Å². The van der Waals surface area contributed by atoms with E-state index in [9.17, 15) is 9.59 Å². The first kappa shape index (κ1) is 20.4. The Morgan fingerprint density at radius 1 is 1.07 bits per heavy atom. The van der Waals surface area contributed by atoms with Crippen molar-refractivity contribution in [3.63, 3.8) is 0 Å². The molecule has 1 aromatic heterocycles. The van der Waals surface area contributed by atoms with Crippen LogP contribution in [-0.2, 0) is 24.0 Å². The summed E-state index contributed by atoms with van der Waals surface area (Å²) in [6, 6.07) is 17.9. The largest absolute Gasteiger partial charge is 0.465 e. The van der Waals surface area contributed by atoms with Crippen molar-refractivity contribution in [2.45, 2.75) is 32.6 Å². The molecular weight excluding hydrogens is 394 g/mol. The Bertz CT molecular complexity index is 1050. The number of fused-ring (bicyclic) bond motifs is 1. The number of carbonyl (C=O) groups excluding carboxylic acids is 2. The first-order chi connectivity index (χ1) is 14.5. The van der Waals surface area contributed by atoms with Gasteiger partial charge in [-0.2, -0.15) is 0 Å². The maximum absolute atomic E-state index is 12.9. The summed E-state index contributed by atoms with van der Waals surface area (Å²) in [6.07, 6.45) is 3.66. The predicted octanol–water partition coefficient (Wildman–Crippen LogP) is 5.50. The van der Waals surface area contributed by atoms with E-state index >= 15 is 0 Å². The summed E-state index contributed by atoms with van der Waals surface area (Å²) in [5, 5.41) is 3.56. The molecule has 5 heteroatoms. The van der Waals surface area contributed by atoms with Gasteiger partial charge >= 0.3 is 5.97 Å². The first-order valence-corrected chi connectivity index (χ1v) is 11.0. The number of ether oxygens (including phenoxy) is 1. The zero-order valence-electron chi connectivity index (χ0n) is 17.2. The molecule has 1 atom stereocenters. The lowest BCUT2D eigenvalue weighted by Crippen LogP contribution is -2.16. The zero-order chi connectivity index (χ0) is 21.1. The van der Waals surface area contributed by atoms with Gasteiger partial charge in [-0.25, -0.2) is 4.79 Å². The highest BCUT2D eigenvalue weighted by molar-refractivity contribution is 7.17. The first-order valence-electron chi connectivity index (χ1n) is 10.2. The van der Waals surface area contributed by atoms with Crippen molar-refractivity contribution in [2.75, 3.05) is 12.4 Å². The second-order valence-electron chi connectivity index (χ2n) is 7.86. The van der Waals surface area contributed by atoms with Crippen molar-refractivity contribution in [2.24, 2.45) is 5.92 Å². The lowest BCUT2D eigenvalue weighted by Gasteiger charge is -2.18. The number of methoxy groups -OCH3 is 1. The van der Waals surface area contributed by atoms with Crippen LogP contribution in [0.15, 0.2) is 54.6 Å². The minimum atomic E-state index is -0.379. The fourth-order valence-corrected chi connectivity index (χ4v) is 5.33. The number of carbonyl (C=O) groups is 2. The number of hydrogen-bond donors (Lipinski definition) is 1. The number of benzene rings is 2. The lowest BCUT2D eigenvalue weighted by atomic mass is 9.88. The number of anilines is 1. The van der Waals surface area contributed by atoms with Gasteiger partial charge in [0.1, 0.15) is 5.00 Å². The van der Waals surface area contributed by atoms with Gasteiger partial charge in [0.15, 0.2) is 0 Å². The van der Waals surface area contributed by atoms with Gasteiger partial charge in [-0.1, -0.05) is 49.4 Å². The molecule has 0 radical (unpaired) electrons. The van der Waals surface area contributed by atoms with Crippen molar-refractivity contribution in [3.8, 4) is 0 Å². The van der Waals surface area contributed by atoms with Crippen molar-refractivity contribution < 1.29 is 14.3 Å². The summed E-state index contributed by atoms with van der Waals surface area (Å²) >= 11 is 1.50. The highest BCUT2D eigenvalue weighted by atomic mass is 32.1. The summed E-state index contributed by atoms with van der Waals surface area (Å²) in [5.41, 5.74) is 4.52. The van der Waals surface area contributed by atoms with E-state index in [0.29, 0.717) is 22.0 Å². The van der Waals surface area contributed by atoms with Crippen molar-refractivity contribution in [1.29, 1.82) is 0 Å². The van der Waals surface area contributed by atoms with E-state index in [1.807, 2.05) is 42.5 Å². The summed E-state index contributed by atoms with van der Waals surface area (Å²) in [7, 11) is 1.38. The number of thiophene rings is 1. The third-order valence-corrected chi connectivity index (χ3v) is 6.77. The van der Waals surface area contributed by atoms with E-state index in [-0.39, 0.29) is 11.9 Å². The number of esters is 1. The van der Waals surface area contributed by atoms with Gasteiger partial charge in [0.05, 0.1) is 12.7 Å². The van der Waals surface area contributed by atoms with Crippen LogP contribution >= 0.6 is 11.3 Å². The predicted molar refractivity (Wildman–Crippen MR) is 120 cm³/mol. The van der Waals surface area contributed by atoms with Crippen molar-refractivity contribution >= 4 is 28.2 Å². The lowest BCUT2D eigenvalue weighted by molar-refractivity contribution is 0.0601. The minimum absolute atomic E-state index is 0.210. The maximum Gasteiger partial charge on any atom is 0.341 e. The second-order valence-corrected chi connectivity index (χ2v) is 8.97. The van der Waals surface area contributed by atoms with Gasteiger partial charge in [-0.15, -0.1) is 11.3 Å². The highest BCUT2D eigenvalue weighted by Crippen LogP contribution is 2.40. The molecule has 0 saturated heterocycles. The van der Waals surface area contributed by atoms with Crippen LogP contribution in [0.3, 0.4) is 0 Å². The SMILES string of the molecule is COC(=O)c1c(NC(=O)c2ccc(Cc3ccccc3)cc2)sc2c1CCC(C)C2. The Morgan fingerprint density at radius 2 is 1.77 bits per heavy atom. The van der Waals surface area contributed by atoms with Crippen molar-refractivity contribution in [1.82, 2.24) is 0 Å². The number of nitrogens with one attached hydrogen (secondary N) is 1. The third-order valence-electron chi connectivity index (χ3n) is 5.60. The molecule has 154 valence electrons. The Labute approximate surface area is 180 Å². The standard InChI is InChI=1S/C25H25NO3S/c1-16-8-13-20-21(14-16)30-24(22(20)25(28)29-2)26-23(27)19-11-9-18(10-12-19)15-17-6-4-3-5-7-17/h3-7,9-12,16H,8,13-15H2,1-2H3,(H,26,27). The Balaban J connectivity index is 1.53. The maximum atomic E-state index is 12.9. The molecule has 2 aromatic carbocycles. The van der Waals surface area contributed by atoms with Crippen LogP contribution in [0.1, 0.15) is 55.6 Å². The topological polar surface area (TPSA) is 55.4 Å². The van der Waals surface area contributed by atoms with Crippen LogP contribution in [0.25, 0.3) is 0 Å². The molecule has 1 unspecified atom stereocenters. The van der Waals surface area contributed by atoms with Crippen molar-refractivity contribution in [3.05, 3.63) is 87.3 Å². The molecule has 30 heavy (non-hydrogen) atoms. The number of hydrogen-bond acceptors (Lipinski definition) is 4. The smallest absolute Gasteiger partial charge is 0.341 e. The molecule has 1 aliphatic carbocycles. The van der Waals surface area contributed by atoms with Crippen LogP contribution < -0.4 is 5.32 Å². The van der Waals surface area contributed by atoms with Gasteiger partial charge < -0.3 is 10.1 Å². The summed E-state index contributed by atoms with van der Waals surface area (Å²) < 4.78 is 5.00. The average Bonchev–Trinajstić information content (AvgIpc) is 3.11. The molecule has 1 heterocycles. The molecule has 0 bridgehead atoms. The van der Waals surface area contributed by atoms with Gasteiger partial charge in [-0.3, -0.25) is 4.79 Å². The molecule has 4 nitrogen and oxygen atoms in total. The van der Waals surface area contributed by atoms with E-state index in [2.05, 4.69) is 24.4 Å². The minimum Gasteiger partial charge on any atom is -0.465 e. The summed E-state index contributed by atoms with van der Waals surface area (Å²) in [5.74, 6) is -0.00372. The molecule has 1 N–H and O–H groups in total. The zero-order valence-corrected chi connectivity index (χ0v) is 18.1. The molecule has 4 rings (SSSR count). The summed E-state index contributed by atoms with van der Waals surface area (Å²) in [4.78, 5) is 26.5. The number of amides is 1. The van der Waals surface area contributed by atoms with E-state index in [0.717, 1.165) is 36.8 Å². The number of rotatable bonds is 5. The van der Waals surface area contributed by atoms with Crippen LogP contribution in [0.2, 0.25) is 0 Å². The molecule has 3 aromatic rings. The molecule has 1 amide bonds. The van der Waals surface area contributed by atoms with Crippen LogP contribution in [0, 0.1) is 5.92 Å². The van der Waals surface area contributed by atoms with Crippen LogP contribution in [0.4, 0.5) is 5.00 Å². The fraction of sp³-hybridized carbons (Fsp3) is 0.280. The van der Waals surface area contributed by atoms with E-state index in [1.165, 1.54) is 28.9 Å². The molecule has 0 spiro atoms. The monoisotopic (exact) mass is 419 g/mol. The second kappa shape index (κ2) is 8.84. The van der Waals surface area contributed by atoms with Gasteiger partial charge in [-0.05, 0) is 60.4 Å². The highest BCUT2D eigenvalue weighted by Gasteiger charge is 2.29. The normalized spacial score (nSPS) is 15.3. The molecule has 0 saturated carbocycles. The summed E-state index contributed by atoms with van der Waals surface area (Å²) in [6.45, 7) is 2.22. The Hall–Kier alpha value is -2.92. The quantitative estimate of drug-likeness (QED) is 0.556. The van der Waals surface area contributed by atoms with Crippen LogP contribution in [0.5, 0.6) is 0 Å². The fourth-order valence-electron chi connectivity index (χ4n) is 3.94. The molecule has 1 aliphatic rings. The Kier molecular flexibility index (Phi) is 6.00. The van der Waals surface area contributed by atoms with E-state index in [1.54, 1.807) is 0 Å². The van der Waals surface area contributed by atoms with E-state index < -0.39 is 0 Å².